The summed E-state index contributed by atoms with van der Waals surface area (Å²) in [5, 5.41) is 7.21. The van der Waals surface area contributed by atoms with E-state index in [1.54, 1.807) is 0 Å². The highest BCUT2D eigenvalue weighted by Crippen LogP contribution is 2.24. The zero-order chi connectivity index (χ0) is 22.2. The van der Waals surface area contributed by atoms with E-state index in [1.807, 2.05) is 106 Å². The number of nitrogens with one attached hydrogen (secondary N) is 2. The van der Waals surface area contributed by atoms with E-state index in [2.05, 4.69) is 15.8 Å². The highest BCUT2D eigenvalue weighted by Gasteiger charge is 2.22. The highest BCUT2D eigenvalue weighted by atomic mass is 16.2. The maximum atomic E-state index is 13.1. The Kier molecular flexibility index (Phi) is 7.33. The van der Waals surface area contributed by atoms with Crippen LogP contribution in [-0.4, -0.2) is 17.5 Å². The first-order chi connectivity index (χ1) is 15.0. The molecule has 5 heteroatoms. The third-order valence-corrected chi connectivity index (χ3v) is 4.93. The van der Waals surface area contributed by atoms with Gasteiger partial charge in [0.15, 0.2) is 0 Å². The van der Waals surface area contributed by atoms with E-state index in [1.165, 1.54) is 0 Å². The quantitative estimate of drug-likeness (QED) is 0.425. The monoisotopic (exact) mass is 413 g/mol. The first-order valence-corrected chi connectivity index (χ1v) is 10.3. The Morgan fingerprint density at radius 1 is 0.774 bits per heavy atom. The zero-order valence-corrected chi connectivity index (χ0v) is 18.0. The Morgan fingerprint density at radius 2 is 1.35 bits per heavy atom. The summed E-state index contributed by atoms with van der Waals surface area (Å²) in [4.78, 5) is 25.0. The summed E-state index contributed by atoms with van der Waals surface area (Å²) in [6.07, 6.45) is 0. The Labute approximate surface area is 183 Å². The van der Waals surface area contributed by atoms with E-state index in [0.29, 0.717) is 11.4 Å². The number of rotatable bonds is 7. The second-order valence-electron chi connectivity index (χ2n) is 7.65. The van der Waals surface area contributed by atoms with Gasteiger partial charge in [-0.15, -0.1) is 0 Å². The van der Waals surface area contributed by atoms with Crippen LogP contribution in [0.2, 0.25) is 0 Å². The summed E-state index contributed by atoms with van der Waals surface area (Å²) in [7, 11) is 0. The Bertz CT molecular complexity index is 1020. The fourth-order valence-corrected chi connectivity index (χ4v) is 3.16. The number of hydrazone groups is 1. The summed E-state index contributed by atoms with van der Waals surface area (Å²) in [6.45, 7) is 5.51. The van der Waals surface area contributed by atoms with Gasteiger partial charge in [-0.05, 0) is 35.7 Å². The van der Waals surface area contributed by atoms with E-state index < -0.39 is 5.92 Å². The SMILES string of the molecule is CC(=NNC(=O)C(c1ccccc1)c1ccccc1)c1cccc(NC(=O)C(C)C)c1. The number of hydrogen-bond acceptors (Lipinski definition) is 3. The number of benzene rings is 3. The molecule has 0 unspecified atom stereocenters. The van der Waals surface area contributed by atoms with Gasteiger partial charge >= 0.3 is 0 Å². The zero-order valence-electron chi connectivity index (χ0n) is 18.0. The van der Waals surface area contributed by atoms with E-state index in [0.717, 1.165) is 16.7 Å². The standard InChI is InChI=1S/C26H27N3O2/c1-18(2)25(30)27-23-16-10-15-22(17-23)19(3)28-29-26(31)24(20-11-6-4-7-12-20)21-13-8-5-9-14-21/h4-18,24H,1-3H3,(H,27,30)(H,29,31). The average Bonchev–Trinajstić information content (AvgIpc) is 2.79. The number of hydrogen-bond donors (Lipinski definition) is 2. The third-order valence-electron chi connectivity index (χ3n) is 4.93. The second kappa shape index (κ2) is 10.3. The number of nitrogens with zero attached hydrogens (tertiary/aromatic N) is 1. The highest BCUT2D eigenvalue weighted by molar-refractivity contribution is 6.01. The normalized spacial score (nSPS) is 11.5. The summed E-state index contributed by atoms with van der Waals surface area (Å²) in [5.74, 6) is -0.823. The summed E-state index contributed by atoms with van der Waals surface area (Å²) in [6, 6.07) is 26.7. The fourth-order valence-electron chi connectivity index (χ4n) is 3.16. The first kappa shape index (κ1) is 22.0. The second-order valence-corrected chi connectivity index (χ2v) is 7.65. The molecule has 3 aromatic carbocycles. The molecule has 0 bridgehead atoms. The fraction of sp³-hybridized carbons (Fsp3) is 0.192. The number of anilines is 1. The molecule has 3 aromatic rings. The van der Waals surface area contributed by atoms with Gasteiger partial charge in [0.2, 0.25) is 5.91 Å². The molecule has 0 aromatic heterocycles. The predicted molar refractivity (Wildman–Crippen MR) is 125 cm³/mol. The van der Waals surface area contributed by atoms with Gasteiger partial charge in [-0.2, -0.15) is 5.10 Å². The summed E-state index contributed by atoms with van der Waals surface area (Å²) in [5.41, 5.74) is 6.68. The molecule has 0 spiro atoms. The maximum Gasteiger partial charge on any atom is 0.252 e. The van der Waals surface area contributed by atoms with Gasteiger partial charge in [-0.1, -0.05) is 86.6 Å². The van der Waals surface area contributed by atoms with Crippen LogP contribution in [0, 0.1) is 5.92 Å². The molecule has 0 aliphatic rings. The lowest BCUT2D eigenvalue weighted by Gasteiger charge is -2.16. The van der Waals surface area contributed by atoms with Crippen LogP contribution in [0.15, 0.2) is 90.0 Å². The van der Waals surface area contributed by atoms with Crippen molar-refractivity contribution < 1.29 is 9.59 Å². The minimum atomic E-state index is -0.462. The van der Waals surface area contributed by atoms with Crippen molar-refractivity contribution in [2.24, 2.45) is 11.0 Å². The minimum absolute atomic E-state index is 0.0476. The largest absolute Gasteiger partial charge is 0.326 e. The Balaban J connectivity index is 1.79. The van der Waals surface area contributed by atoms with E-state index >= 15 is 0 Å². The van der Waals surface area contributed by atoms with Crippen molar-refractivity contribution in [1.82, 2.24) is 5.43 Å². The van der Waals surface area contributed by atoms with Gasteiger partial charge in [0.25, 0.3) is 5.91 Å². The predicted octanol–water partition coefficient (Wildman–Crippen LogP) is 4.95. The van der Waals surface area contributed by atoms with Gasteiger partial charge in [0, 0.05) is 11.6 Å². The summed E-state index contributed by atoms with van der Waals surface area (Å²) >= 11 is 0. The van der Waals surface area contributed by atoms with E-state index in [4.69, 9.17) is 0 Å². The molecule has 0 heterocycles. The lowest BCUT2D eigenvalue weighted by Crippen LogP contribution is -2.27. The molecular weight excluding hydrogens is 386 g/mol. The topological polar surface area (TPSA) is 70.6 Å². The van der Waals surface area contributed by atoms with Crippen LogP contribution in [0.1, 0.15) is 43.4 Å². The third kappa shape index (κ3) is 5.89. The van der Waals surface area contributed by atoms with Gasteiger partial charge in [0.05, 0.1) is 11.6 Å². The van der Waals surface area contributed by atoms with Crippen molar-refractivity contribution in [3.63, 3.8) is 0 Å². The molecule has 158 valence electrons. The van der Waals surface area contributed by atoms with Gasteiger partial charge < -0.3 is 5.32 Å². The van der Waals surface area contributed by atoms with E-state index in [9.17, 15) is 9.59 Å². The molecule has 0 saturated heterocycles. The van der Waals surface area contributed by atoms with Crippen molar-refractivity contribution in [1.29, 1.82) is 0 Å². The number of carbonyl (C=O) groups is 2. The molecule has 0 saturated carbocycles. The van der Waals surface area contributed by atoms with Crippen molar-refractivity contribution in [3.05, 3.63) is 102 Å². The lowest BCUT2D eigenvalue weighted by molar-refractivity contribution is -0.121. The van der Waals surface area contributed by atoms with Crippen LogP contribution in [0.5, 0.6) is 0 Å². The smallest absolute Gasteiger partial charge is 0.252 e. The van der Waals surface area contributed by atoms with Crippen molar-refractivity contribution >= 4 is 23.2 Å². The van der Waals surface area contributed by atoms with Gasteiger partial charge in [0.1, 0.15) is 0 Å². The maximum absolute atomic E-state index is 13.1. The van der Waals surface area contributed by atoms with Crippen LogP contribution in [0.4, 0.5) is 5.69 Å². The molecule has 0 fully saturated rings. The molecule has 2 amide bonds. The molecular formula is C26H27N3O2. The molecule has 0 atom stereocenters. The molecule has 5 nitrogen and oxygen atoms in total. The number of amides is 2. The molecule has 0 aliphatic carbocycles. The van der Waals surface area contributed by atoms with Crippen LogP contribution >= 0.6 is 0 Å². The summed E-state index contributed by atoms with van der Waals surface area (Å²) < 4.78 is 0. The number of carbonyl (C=O) groups excluding carboxylic acids is 2. The minimum Gasteiger partial charge on any atom is -0.326 e. The van der Waals surface area contributed by atoms with Crippen molar-refractivity contribution in [3.8, 4) is 0 Å². The van der Waals surface area contributed by atoms with Gasteiger partial charge in [-0.3, -0.25) is 9.59 Å². The molecule has 0 aliphatic heterocycles. The Hall–Kier alpha value is -3.73. The lowest BCUT2D eigenvalue weighted by atomic mass is 9.91. The molecule has 0 radical (unpaired) electrons. The Morgan fingerprint density at radius 3 is 1.90 bits per heavy atom. The average molecular weight is 414 g/mol. The molecule has 2 N–H and O–H groups in total. The van der Waals surface area contributed by atoms with Crippen molar-refractivity contribution in [2.75, 3.05) is 5.32 Å². The van der Waals surface area contributed by atoms with Crippen LogP contribution < -0.4 is 10.7 Å². The van der Waals surface area contributed by atoms with Crippen LogP contribution in [-0.2, 0) is 9.59 Å². The molecule has 3 rings (SSSR count). The van der Waals surface area contributed by atoms with Gasteiger partial charge in [-0.25, -0.2) is 5.43 Å². The van der Waals surface area contributed by atoms with Crippen molar-refractivity contribution in [2.45, 2.75) is 26.7 Å². The van der Waals surface area contributed by atoms with Crippen LogP contribution in [0.25, 0.3) is 0 Å². The first-order valence-electron chi connectivity index (χ1n) is 10.3. The van der Waals surface area contributed by atoms with Crippen LogP contribution in [0.3, 0.4) is 0 Å². The van der Waals surface area contributed by atoms with E-state index in [-0.39, 0.29) is 17.7 Å². The molecule has 31 heavy (non-hydrogen) atoms.